The molecule has 0 radical (unpaired) electrons. The zero-order valence-corrected chi connectivity index (χ0v) is 14.4. The van der Waals surface area contributed by atoms with Gasteiger partial charge in [0, 0.05) is 32.2 Å². The monoisotopic (exact) mass is 329 g/mol. The highest BCUT2D eigenvalue weighted by atomic mass is 16.5. The van der Waals surface area contributed by atoms with Crippen LogP contribution in [0.25, 0.3) is 0 Å². The van der Waals surface area contributed by atoms with E-state index in [1.165, 1.54) is 0 Å². The molecule has 0 saturated carbocycles. The fraction of sp³-hybridized carbons (Fsp3) is 0.529. The van der Waals surface area contributed by atoms with Gasteiger partial charge in [-0.3, -0.25) is 4.79 Å². The van der Waals surface area contributed by atoms with Gasteiger partial charge in [-0.05, 0) is 31.4 Å². The van der Waals surface area contributed by atoms with Gasteiger partial charge in [0.25, 0.3) is 5.91 Å². The van der Waals surface area contributed by atoms with Gasteiger partial charge in [-0.1, -0.05) is 19.0 Å². The quantitative estimate of drug-likeness (QED) is 0.860. The molecular formula is C17H23N5O2. The molecule has 0 unspecified atom stereocenters. The van der Waals surface area contributed by atoms with Crippen LogP contribution >= 0.6 is 0 Å². The molecule has 1 aliphatic heterocycles. The summed E-state index contributed by atoms with van der Waals surface area (Å²) < 4.78 is 5.23. The molecule has 1 saturated heterocycles. The molecule has 0 aromatic carbocycles. The fourth-order valence-corrected chi connectivity index (χ4v) is 2.73. The van der Waals surface area contributed by atoms with E-state index in [1.54, 1.807) is 6.07 Å². The smallest absolute Gasteiger partial charge is 0.292 e. The summed E-state index contributed by atoms with van der Waals surface area (Å²) >= 11 is 0. The van der Waals surface area contributed by atoms with Gasteiger partial charge in [0.1, 0.15) is 0 Å². The third-order valence-corrected chi connectivity index (χ3v) is 4.22. The summed E-state index contributed by atoms with van der Waals surface area (Å²) in [6.45, 7) is 8.89. The Bertz CT molecular complexity index is 695. The second kappa shape index (κ2) is 6.98. The highest BCUT2D eigenvalue weighted by Crippen LogP contribution is 2.18. The molecule has 1 aliphatic rings. The molecule has 0 spiro atoms. The number of rotatable bonds is 3. The van der Waals surface area contributed by atoms with E-state index in [-0.39, 0.29) is 11.8 Å². The van der Waals surface area contributed by atoms with Crippen LogP contribution in [0.15, 0.2) is 22.7 Å². The molecule has 1 amide bonds. The lowest BCUT2D eigenvalue weighted by molar-refractivity contribution is 0.0725. The summed E-state index contributed by atoms with van der Waals surface area (Å²) in [5.74, 6) is 1.33. The Morgan fingerprint density at radius 1 is 1.17 bits per heavy atom. The van der Waals surface area contributed by atoms with Crippen LogP contribution in [-0.2, 0) is 0 Å². The van der Waals surface area contributed by atoms with Gasteiger partial charge in [-0.15, -0.1) is 5.10 Å². The van der Waals surface area contributed by atoms with Crippen LogP contribution in [0, 0.1) is 6.92 Å². The lowest BCUT2D eigenvalue weighted by atomic mass is 10.1. The number of aryl methyl sites for hydroxylation is 1. The lowest BCUT2D eigenvalue weighted by Gasteiger charge is -2.21. The van der Waals surface area contributed by atoms with Gasteiger partial charge in [0.15, 0.2) is 5.82 Å². The predicted octanol–water partition coefficient (Wildman–Crippen LogP) is 2.25. The summed E-state index contributed by atoms with van der Waals surface area (Å²) in [5, 5.41) is 12.3. The molecule has 128 valence electrons. The van der Waals surface area contributed by atoms with E-state index in [4.69, 9.17) is 4.52 Å². The van der Waals surface area contributed by atoms with E-state index in [0.29, 0.717) is 18.8 Å². The number of anilines is 1. The normalized spacial score (nSPS) is 15.7. The second-order valence-corrected chi connectivity index (χ2v) is 6.44. The van der Waals surface area contributed by atoms with Crippen LogP contribution in [0.4, 0.5) is 5.82 Å². The molecule has 0 aliphatic carbocycles. The van der Waals surface area contributed by atoms with Crippen molar-refractivity contribution in [3.05, 3.63) is 35.3 Å². The molecule has 1 fully saturated rings. The van der Waals surface area contributed by atoms with Crippen molar-refractivity contribution >= 4 is 11.7 Å². The van der Waals surface area contributed by atoms with E-state index in [1.807, 2.05) is 37.8 Å². The zero-order chi connectivity index (χ0) is 17.1. The van der Waals surface area contributed by atoms with Gasteiger partial charge >= 0.3 is 0 Å². The van der Waals surface area contributed by atoms with E-state index in [2.05, 4.69) is 20.3 Å². The van der Waals surface area contributed by atoms with E-state index in [0.717, 1.165) is 36.7 Å². The van der Waals surface area contributed by atoms with Gasteiger partial charge in [0.2, 0.25) is 5.76 Å². The number of carbonyl (C=O) groups is 1. The van der Waals surface area contributed by atoms with Crippen molar-refractivity contribution in [2.75, 3.05) is 31.1 Å². The van der Waals surface area contributed by atoms with Gasteiger partial charge in [0.05, 0.1) is 11.4 Å². The molecule has 0 atom stereocenters. The standard InChI is InChI=1S/C17H23N5O2/c1-12(2)14-11-15(24-20-14)17(23)22-8-4-7-21(9-10-22)16-6-5-13(3)18-19-16/h5-6,11-12H,4,7-10H2,1-3H3. The highest BCUT2D eigenvalue weighted by Gasteiger charge is 2.24. The number of aromatic nitrogens is 3. The summed E-state index contributed by atoms with van der Waals surface area (Å²) in [7, 11) is 0. The Kier molecular flexibility index (Phi) is 4.78. The maximum atomic E-state index is 12.6. The van der Waals surface area contributed by atoms with Crippen LogP contribution in [0.3, 0.4) is 0 Å². The Morgan fingerprint density at radius 3 is 2.67 bits per heavy atom. The summed E-state index contributed by atoms with van der Waals surface area (Å²) in [4.78, 5) is 16.6. The minimum atomic E-state index is -0.0914. The average Bonchev–Trinajstić information content (AvgIpc) is 2.94. The first-order valence-electron chi connectivity index (χ1n) is 8.36. The van der Waals surface area contributed by atoms with E-state index in [9.17, 15) is 4.79 Å². The summed E-state index contributed by atoms with van der Waals surface area (Å²) in [5.41, 5.74) is 1.71. The van der Waals surface area contributed by atoms with Gasteiger partial charge < -0.3 is 14.3 Å². The van der Waals surface area contributed by atoms with Gasteiger partial charge in [-0.25, -0.2) is 0 Å². The minimum absolute atomic E-state index is 0.0914. The van der Waals surface area contributed by atoms with Crippen molar-refractivity contribution in [2.45, 2.75) is 33.1 Å². The molecule has 24 heavy (non-hydrogen) atoms. The third kappa shape index (κ3) is 3.55. The van der Waals surface area contributed by atoms with Crippen molar-refractivity contribution < 1.29 is 9.32 Å². The molecule has 2 aromatic rings. The maximum Gasteiger partial charge on any atom is 0.292 e. The minimum Gasteiger partial charge on any atom is -0.353 e. The third-order valence-electron chi connectivity index (χ3n) is 4.22. The first-order chi connectivity index (χ1) is 11.5. The summed E-state index contributed by atoms with van der Waals surface area (Å²) in [6.07, 6.45) is 0.881. The largest absolute Gasteiger partial charge is 0.353 e. The molecule has 0 N–H and O–H groups in total. The highest BCUT2D eigenvalue weighted by molar-refractivity contribution is 5.91. The van der Waals surface area contributed by atoms with Gasteiger partial charge in [-0.2, -0.15) is 5.10 Å². The zero-order valence-electron chi connectivity index (χ0n) is 14.4. The Balaban J connectivity index is 1.66. The first kappa shape index (κ1) is 16.4. The van der Waals surface area contributed by atoms with Crippen LogP contribution in [0.5, 0.6) is 0 Å². The number of hydrogen-bond acceptors (Lipinski definition) is 6. The van der Waals surface area contributed by atoms with E-state index < -0.39 is 0 Å². The van der Waals surface area contributed by atoms with Crippen molar-refractivity contribution in [1.29, 1.82) is 0 Å². The van der Waals surface area contributed by atoms with Crippen molar-refractivity contribution in [1.82, 2.24) is 20.3 Å². The first-order valence-corrected chi connectivity index (χ1v) is 8.36. The van der Waals surface area contributed by atoms with Crippen LogP contribution in [0.2, 0.25) is 0 Å². The maximum absolute atomic E-state index is 12.6. The van der Waals surface area contributed by atoms with E-state index >= 15 is 0 Å². The Hall–Kier alpha value is -2.44. The predicted molar refractivity (Wildman–Crippen MR) is 90.1 cm³/mol. The Morgan fingerprint density at radius 2 is 2.00 bits per heavy atom. The average molecular weight is 329 g/mol. The van der Waals surface area contributed by atoms with Crippen LogP contribution in [-0.4, -0.2) is 52.3 Å². The van der Waals surface area contributed by atoms with Crippen molar-refractivity contribution in [3.63, 3.8) is 0 Å². The van der Waals surface area contributed by atoms with Crippen LogP contribution in [0.1, 0.15) is 48.1 Å². The molecule has 7 heteroatoms. The topological polar surface area (TPSA) is 75.4 Å². The number of hydrogen-bond donors (Lipinski definition) is 0. The molecular weight excluding hydrogens is 306 g/mol. The van der Waals surface area contributed by atoms with Crippen LogP contribution < -0.4 is 4.90 Å². The molecule has 0 bridgehead atoms. The SMILES string of the molecule is Cc1ccc(N2CCCN(C(=O)c3cc(C(C)C)no3)CC2)nn1. The molecule has 3 heterocycles. The Labute approximate surface area is 141 Å². The number of amides is 1. The second-order valence-electron chi connectivity index (χ2n) is 6.44. The lowest BCUT2D eigenvalue weighted by Crippen LogP contribution is -2.35. The molecule has 7 nitrogen and oxygen atoms in total. The molecule has 3 rings (SSSR count). The summed E-state index contributed by atoms with van der Waals surface area (Å²) in [6, 6.07) is 5.68. The fourth-order valence-electron chi connectivity index (χ4n) is 2.73. The van der Waals surface area contributed by atoms with Crippen molar-refractivity contribution in [2.24, 2.45) is 0 Å². The molecule has 2 aromatic heterocycles. The van der Waals surface area contributed by atoms with Crippen molar-refractivity contribution in [3.8, 4) is 0 Å². The number of carbonyl (C=O) groups excluding carboxylic acids is 1. The number of nitrogens with zero attached hydrogens (tertiary/aromatic N) is 5.